The van der Waals surface area contributed by atoms with Crippen LogP contribution < -0.4 is 5.32 Å². The smallest absolute Gasteiger partial charge is 0.0288 e. The average molecular weight is 277 g/mol. The Morgan fingerprint density at radius 1 is 1.37 bits per heavy atom. The summed E-state index contributed by atoms with van der Waals surface area (Å²) in [5, 5.41) is 3.74. The van der Waals surface area contributed by atoms with E-state index in [2.05, 4.69) is 63.0 Å². The molecule has 0 aromatic heterocycles. The molecule has 2 unspecified atom stereocenters. The molecule has 1 N–H and O–H groups in total. The number of benzene rings is 1. The number of nitrogens with one attached hydrogen (secondary N) is 1. The van der Waals surface area contributed by atoms with Crippen molar-refractivity contribution in [3.05, 3.63) is 34.9 Å². The summed E-state index contributed by atoms with van der Waals surface area (Å²) >= 11 is 2.16. The van der Waals surface area contributed by atoms with Crippen molar-refractivity contribution in [2.75, 3.05) is 12.3 Å². The molecule has 0 radical (unpaired) electrons. The predicted molar refractivity (Wildman–Crippen MR) is 87.2 cm³/mol. The highest BCUT2D eigenvalue weighted by Gasteiger charge is 2.37. The molecule has 1 aromatic carbocycles. The van der Waals surface area contributed by atoms with Crippen LogP contribution in [0.3, 0.4) is 0 Å². The monoisotopic (exact) mass is 277 g/mol. The van der Waals surface area contributed by atoms with Gasteiger partial charge < -0.3 is 5.32 Å². The second-order valence-corrected chi connectivity index (χ2v) is 7.64. The summed E-state index contributed by atoms with van der Waals surface area (Å²) in [6.45, 7) is 10.2. The fourth-order valence-corrected chi connectivity index (χ4v) is 4.48. The fourth-order valence-electron chi connectivity index (χ4n) is 3.07. The topological polar surface area (TPSA) is 12.0 Å². The lowest BCUT2D eigenvalue weighted by molar-refractivity contribution is 0.406. The van der Waals surface area contributed by atoms with Crippen molar-refractivity contribution >= 4 is 11.8 Å². The van der Waals surface area contributed by atoms with Crippen LogP contribution in [0, 0.1) is 13.8 Å². The first-order chi connectivity index (χ1) is 9.05. The summed E-state index contributed by atoms with van der Waals surface area (Å²) in [5.74, 6) is 1.32. The third kappa shape index (κ3) is 3.55. The van der Waals surface area contributed by atoms with Crippen molar-refractivity contribution in [2.45, 2.75) is 57.7 Å². The van der Waals surface area contributed by atoms with Gasteiger partial charge in [-0.15, -0.1) is 0 Å². The van der Waals surface area contributed by atoms with E-state index in [-0.39, 0.29) is 0 Å². The molecule has 1 aromatic rings. The Labute approximate surface area is 122 Å². The molecule has 0 spiro atoms. The number of thioether (sulfide) groups is 1. The van der Waals surface area contributed by atoms with E-state index in [0.29, 0.717) is 10.8 Å². The zero-order chi connectivity index (χ0) is 13.9. The van der Waals surface area contributed by atoms with E-state index in [9.17, 15) is 0 Å². The predicted octanol–water partition coefficient (Wildman–Crippen LogP) is 4.11. The normalized spacial score (nSPS) is 24.6. The van der Waals surface area contributed by atoms with Gasteiger partial charge in [0.2, 0.25) is 0 Å². The molecule has 0 bridgehead atoms. The summed E-state index contributed by atoms with van der Waals surface area (Å²) in [7, 11) is 0. The SMILES string of the molecule is CCNC(Cc1cc(C)ccc1C)C1(C)CCCS1. The quantitative estimate of drug-likeness (QED) is 0.869. The van der Waals surface area contributed by atoms with E-state index in [4.69, 9.17) is 0 Å². The van der Waals surface area contributed by atoms with Crippen molar-refractivity contribution in [3.63, 3.8) is 0 Å². The maximum Gasteiger partial charge on any atom is 0.0288 e. The molecule has 1 heterocycles. The van der Waals surface area contributed by atoms with Gasteiger partial charge in [-0.25, -0.2) is 0 Å². The first kappa shape index (κ1) is 14.9. The van der Waals surface area contributed by atoms with E-state index in [1.165, 1.54) is 35.3 Å². The van der Waals surface area contributed by atoms with Gasteiger partial charge >= 0.3 is 0 Å². The number of hydrogen-bond donors (Lipinski definition) is 1. The molecular weight excluding hydrogens is 250 g/mol. The maximum atomic E-state index is 3.74. The zero-order valence-corrected chi connectivity index (χ0v) is 13.6. The molecule has 2 atom stereocenters. The molecule has 1 saturated heterocycles. The van der Waals surface area contributed by atoms with Crippen LogP contribution in [0.5, 0.6) is 0 Å². The van der Waals surface area contributed by atoms with Crippen molar-refractivity contribution in [1.29, 1.82) is 0 Å². The zero-order valence-electron chi connectivity index (χ0n) is 12.8. The van der Waals surface area contributed by atoms with Crippen LogP contribution in [0.2, 0.25) is 0 Å². The summed E-state index contributed by atoms with van der Waals surface area (Å²) in [4.78, 5) is 0. The number of likely N-dealkylation sites (N-methyl/N-ethyl adjacent to an activating group) is 1. The Hall–Kier alpha value is -0.470. The summed E-state index contributed by atoms with van der Waals surface area (Å²) < 4.78 is 0.409. The fraction of sp³-hybridized carbons (Fsp3) is 0.647. The van der Waals surface area contributed by atoms with Gasteiger partial charge in [0.15, 0.2) is 0 Å². The molecule has 0 amide bonds. The number of hydrogen-bond acceptors (Lipinski definition) is 2. The second kappa shape index (κ2) is 6.32. The van der Waals surface area contributed by atoms with Gasteiger partial charge in [-0.1, -0.05) is 30.7 Å². The van der Waals surface area contributed by atoms with Gasteiger partial charge in [0, 0.05) is 10.8 Å². The first-order valence-electron chi connectivity index (χ1n) is 7.48. The van der Waals surface area contributed by atoms with Gasteiger partial charge in [-0.3, -0.25) is 0 Å². The summed E-state index contributed by atoms with van der Waals surface area (Å²) in [6, 6.07) is 7.43. The first-order valence-corrected chi connectivity index (χ1v) is 8.47. The lowest BCUT2D eigenvalue weighted by Crippen LogP contribution is -2.46. The van der Waals surface area contributed by atoms with Crippen LogP contribution in [0.15, 0.2) is 18.2 Å². The highest BCUT2D eigenvalue weighted by Crippen LogP contribution is 2.41. The molecule has 1 nitrogen and oxygen atoms in total. The van der Waals surface area contributed by atoms with E-state index in [0.717, 1.165) is 13.0 Å². The minimum atomic E-state index is 0.409. The van der Waals surface area contributed by atoms with Crippen LogP contribution in [0.25, 0.3) is 0 Å². The standard InChI is InChI=1S/C17H27NS/c1-5-18-16(17(4)9-6-10-19-17)12-15-11-13(2)7-8-14(15)3/h7-8,11,16,18H,5-6,9-10,12H2,1-4H3. The van der Waals surface area contributed by atoms with Gasteiger partial charge in [-0.2, -0.15) is 11.8 Å². The van der Waals surface area contributed by atoms with E-state index >= 15 is 0 Å². The number of rotatable bonds is 5. The molecule has 2 heteroatoms. The van der Waals surface area contributed by atoms with Crippen molar-refractivity contribution in [2.24, 2.45) is 0 Å². The molecule has 19 heavy (non-hydrogen) atoms. The van der Waals surface area contributed by atoms with Crippen LogP contribution in [-0.2, 0) is 6.42 Å². The molecule has 0 saturated carbocycles. The highest BCUT2D eigenvalue weighted by atomic mass is 32.2. The van der Waals surface area contributed by atoms with Gasteiger partial charge in [0.25, 0.3) is 0 Å². The number of aryl methyl sites for hydroxylation is 2. The summed E-state index contributed by atoms with van der Waals surface area (Å²) in [5.41, 5.74) is 4.32. The lowest BCUT2D eigenvalue weighted by Gasteiger charge is -2.34. The average Bonchev–Trinajstić information content (AvgIpc) is 2.81. The van der Waals surface area contributed by atoms with Gasteiger partial charge in [-0.05, 0) is 63.5 Å². The van der Waals surface area contributed by atoms with Crippen LogP contribution in [0.1, 0.15) is 43.4 Å². The Morgan fingerprint density at radius 3 is 2.79 bits per heavy atom. The summed E-state index contributed by atoms with van der Waals surface area (Å²) in [6.07, 6.45) is 3.88. The molecular formula is C17H27NS. The Bertz CT molecular complexity index is 421. The van der Waals surface area contributed by atoms with Crippen molar-refractivity contribution < 1.29 is 0 Å². The molecule has 106 valence electrons. The minimum Gasteiger partial charge on any atom is -0.313 e. The largest absolute Gasteiger partial charge is 0.313 e. The highest BCUT2D eigenvalue weighted by molar-refractivity contribution is 8.00. The van der Waals surface area contributed by atoms with E-state index in [1.807, 2.05) is 0 Å². The van der Waals surface area contributed by atoms with E-state index < -0.39 is 0 Å². The third-order valence-electron chi connectivity index (χ3n) is 4.37. The molecule has 2 rings (SSSR count). The Kier molecular flexibility index (Phi) is 4.97. The third-order valence-corrected chi connectivity index (χ3v) is 6.01. The lowest BCUT2D eigenvalue weighted by atomic mass is 9.89. The Morgan fingerprint density at radius 2 is 2.16 bits per heavy atom. The molecule has 1 aliphatic rings. The Balaban J connectivity index is 2.18. The van der Waals surface area contributed by atoms with Crippen molar-refractivity contribution in [1.82, 2.24) is 5.32 Å². The molecule has 1 fully saturated rings. The van der Waals surface area contributed by atoms with Crippen LogP contribution in [-0.4, -0.2) is 23.1 Å². The van der Waals surface area contributed by atoms with Crippen molar-refractivity contribution in [3.8, 4) is 0 Å². The molecule has 0 aliphatic carbocycles. The van der Waals surface area contributed by atoms with Crippen LogP contribution >= 0.6 is 11.8 Å². The second-order valence-electron chi connectivity index (χ2n) is 6.01. The van der Waals surface area contributed by atoms with E-state index in [1.54, 1.807) is 0 Å². The van der Waals surface area contributed by atoms with Gasteiger partial charge in [0.1, 0.15) is 0 Å². The van der Waals surface area contributed by atoms with Gasteiger partial charge in [0.05, 0.1) is 0 Å². The van der Waals surface area contributed by atoms with Crippen LogP contribution in [0.4, 0.5) is 0 Å². The molecule has 1 aliphatic heterocycles. The maximum absolute atomic E-state index is 3.74. The minimum absolute atomic E-state index is 0.409.